The average Bonchev–Trinajstić information content (AvgIpc) is 3.26. The fourth-order valence-corrected chi connectivity index (χ4v) is 4.33. The summed E-state index contributed by atoms with van der Waals surface area (Å²) in [7, 11) is 0. The number of hydrogen-bond acceptors (Lipinski definition) is 2. The summed E-state index contributed by atoms with van der Waals surface area (Å²) in [4.78, 5) is 11.0. The van der Waals surface area contributed by atoms with Gasteiger partial charge in [-0.05, 0) is 58.9 Å². The minimum atomic E-state index is -0.769. The molecule has 0 saturated heterocycles. The van der Waals surface area contributed by atoms with Crippen molar-refractivity contribution >= 4 is 16.7 Å². The largest absolute Gasteiger partial charge is 0.493 e. The maximum Gasteiger partial charge on any atom is 0.303 e. The van der Waals surface area contributed by atoms with E-state index >= 15 is 0 Å². The van der Waals surface area contributed by atoms with Crippen molar-refractivity contribution in [1.29, 1.82) is 0 Å². The van der Waals surface area contributed by atoms with Crippen LogP contribution in [0.5, 0.6) is 5.75 Å². The summed E-state index contributed by atoms with van der Waals surface area (Å²) in [6.45, 7) is 0.736. The van der Waals surface area contributed by atoms with Gasteiger partial charge in [-0.15, -0.1) is 0 Å². The van der Waals surface area contributed by atoms with E-state index in [0.717, 1.165) is 41.4 Å². The lowest BCUT2D eigenvalue weighted by atomic mass is 9.97. The normalized spacial score (nSPS) is 14.3. The van der Waals surface area contributed by atoms with Gasteiger partial charge in [0.1, 0.15) is 5.75 Å². The zero-order chi connectivity index (χ0) is 20.1. The highest BCUT2D eigenvalue weighted by molar-refractivity contribution is 5.88. The van der Waals surface area contributed by atoms with Crippen LogP contribution < -0.4 is 4.74 Å². The van der Waals surface area contributed by atoms with Crippen molar-refractivity contribution in [2.45, 2.75) is 44.9 Å². The van der Waals surface area contributed by atoms with E-state index in [1.165, 1.54) is 36.5 Å². The molecule has 0 bridgehead atoms. The molecule has 1 aliphatic rings. The number of carbonyl (C=O) groups is 1. The zero-order valence-corrected chi connectivity index (χ0v) is 16.8. The van der Waals surface area contributed by atoms with E-state index in [1.54, 1.807) is 0 Å². The molecule has 1 saturated carbocycles. The molecule has 3 aromatic rings. The van der Waals surface area contributed by atoms with Gasteiger partial charge in [-0.1, -0.05) is 68.1 Å². The van der Waals surface area contributed by atoms with Crippen LogP contribution in [-0.4, -0.2) is 17.7 Å². The molecule has 29 heavy (non-hydrogen) atoms. The Bertz CT molecular complexity index is 986. The van der Waals surface area contributed by atoms with Crippen LogP contribution in [0.25, 0.3) is 21.9 Å². The monoisotopic (exact) mass is 388 g/mol. The minimum Gasteiger partial charge on any atom is -0.493 e. The first-order chi connectivity index (χ1) is 14.2. The summed E-state index contributed by atoms with van der Waals surface area (Å²) < 4.78 is 6.23. The summed E-state index contributed by atoms with van der Waals surface area (Å²) in [5, 5.41) is 11.4. The summed E-state index contributed by atoms with van der Waals surface area (Å²) in [6, 6.07) is 20.9. The fraction of sp³-hybridized carbons (Fsp3) is 0.346. The first-order valence-electron chi connectivity index (χ1n) is 10.7. The Morgan fingerprint density at radius 1 is 0.966 bits per heavy atom. The lowest BCUT2D eigenvalue weighted by molar-refractivity contribution is -0.136. The molecule has 0 radical (unpaired) electrons. The lowest BCUT2D eigenvalue weighted by Crippen LogP contribution is -2.05. The van der Waals surface area contributed by atoms with E-state index in [9.17, 15) is 4.79 Å². The topological polar surface area (TPSA) is 46.5 Å². The number of rotatable bonds is 8. The van der Waals surface area contributed by atoms with Crippen molar-refractivity contribution in [3.8, 4) is 16.9 Å². The number of aryl methyl sites for hydroxylation is 1. The molecule has 3 nitrogen and oxygen atoms in total. The van der Waals surface area contributed by atoms with E-state index < -0.39 is 5.97 Å². The Morgan fingerprint density at radius 3 is 2.55 bits per heavy atom. The van der Waals surface area contributed by atoms with Crippen LogP contribution in [0, 0.1) is 5.92 Å². The van der Waals surface area contributed by atoms with Gasteiger partial charge >= 0.3 is 5.97 Å². The molecule has 0 heterocycles. The second-order valence-electron chi connectivity index (χ2n) is 8.07. The van der Waals surface area contributed by atoms with Gasteiger partial charge in [-0.2, -0.15) is 0 Å². The van der Waals surface area contributed by atoms with Crippen molar-refractivity contribution in [3.63, 3.8) is 0 Å². The molecule has 0 amide bonds. The molecule has 0 spiro atoms. The first-order valence-corrected chi connectivity index (χ1v) is 10.7. The van der Waals surface area contributed by atoms with E-state index in [4.69, 9.17) is 9.84 Å². The van der Waals surface area contributed by atoms with Crippen LogP contribution in [0.1, 0.15) is 44.1 Å². The maximum atomic E-state index is 11.0. The molecule has 150 valence electrons. The number of benzene rings is 3. The number of hydrogen-bond donors (Lipinski definition) is 1. The Hall–Kier alpha value is -2.81. The molecule has 3 aromatic carbocycles. The highest BCUT2D eigenvalue weighted by atomic mass is 16.5. The molecule has 0 aliphatic heterocycles. The van der Waals surface area contributed by atoms with Crippen LogP contribution in [0.3, 0.4) is 0 Å². The smallest absolute Gasteiger partial charge is 0.303 e. The SMILES string of the molecule is O=C(O)CCc1ccc(OCCC2CCCC2)c(-c2ccc3ccccc3c2)c1. The third-order valence-electron chi connectivity index (χ3n) is 5.99. The molecule has 0 aromatic heterocycles. The number of ether oxygens (including phenoxy) is 1. The maximum absolute atomic E-state index is 11.0. The fourth-order valence-electron chi connectivity index (χ4n) is 4.33. The summed E-state index contributed by atoms with van der Waals surface area (Å²) in [5.41, 5.74) is 3.18. The number of aliphatic carboxylic acids is 1. The molecular formula is C26H28O3. The molecule has 1 aliphatic carbocycles. The van der Waals surface area contributed by atoms with Crippen molar-refractivity contribution in [2.75, 3.05) is 6.61 Å². The lowest BCUT2D eigenvalue weighted by Gasteiger charge is -2.16. The van der Waals surface area contributed by atoms with Crippen molar-refractivity contribution in [2.24, 2.45) is 5.92 Å². The predicted molar refractivity (Wildman–Crippen MR) is 117 cm³/mol. The van der Waals surface area contributed by atoms with Gasteiger partial charge in [-0.25, -0.2) is 0 Å². The van der Waals surface area contributed by atoms with Gasteiger partial charge in [0.15, 0.2) is 0 Å². The number of carboxylic acid groups (broad SMARTS) is 1. The van der Waals surface area contributed by atoms with Crippen LogP contribution in [0.15, 0.2) is 60.7 Å². The Kier molecular flexibility index (Phi) is 6.14. The Balaban J connectivity index is 1.60. The number of carboxylic acids is 1. The molecule has 4 rings (SSSR count). The summed E-state index contributed by atoms with van der Waals surface area (Å²) in [6.07, 6.45) is 7.13. The van der Waals surface area contributed by atoms with E-state index in [1.807, 2.05) is 18.2 Å². The third-order valence-corrected chi connectivity index (χ3v) is 5.99. The summed E-state index contributed by atoms with van der Waals surface area (Å²) in [5.74, 6) is 0.917. The average molecular weight is 389 g/mol. The van der Waals surface area contributed by atoms with Gasteiger partial charge in [0.2, 0.25) is 0 Å². The van der Waals surface area contributed by atoms with Crippen LogP contribution >= 0.6 is 0 Å². The van der Waals surface area contributed by atoms with Crippen LogP contribution in [0.4, 0.5) is 0 Å². The molecule has 1 fully saturated rings. The molecule has 0 atom stereocenters. The Morgan fingerprint density at radius 2 is 1.76 bits per heavy atom. The standard InChI is InChI=1S/C26H28O3/c27-26(28)14-10-20-9-13-25(29-16-15-19-5-1-2-6-19)24(17-20)23-12-11-21-7-3-4-8-22(21)18-23/h3-4,7-9,11-13,17-19H,1-2,5-6,10,14-16H2,(H,27,28). The minimum absolute atomic E-state index is 0.138. The van der Waals surface area contributed by atoms with E-state index in [2.05, 4.69) is 42.5 Å². The van der Waals surface area contributed by atoms with Crippen molar-refractivity contribution in [3.05, 3.63) is 66.2 Å². The molecular weight excluding hydrogens is 360 g/mol. The molecule has 1 N–H and O–H groups in total. The molecule has 3 heteroatoms. The molecule has 0 unspecified atom stereocenters. The number of fused-ring (bicyclic) bond motifs is 1. The second-order valence-corrected chi connectivity index (χ2v) is 8.07. The quantitative estimate of drug-likeness (QED) is 0.480. The van der Waals surface area contributed by atoms with E-state index in [0.29, 0.717) is 6.42 Å². The highest BCUT2D eigenvalue weighted by Crippen LogP contribution is 2.34. The van der Waals surface area contributed by atoms with Gasteiger partial charge in [0.25, 0.3) is 0 Å². The third kappa shape index (κ3) is 4.97. The van der Waals surface area contributed by atoms with Gasteiger partial charge in [0.05, 0.1) is 6.61 Å². The Labute approximate surface area is 172 Å². The van der Waals surface area contributed by atoms with E-state index in [-0.39, 0.29) is 6.42 Å². The highest BCUT2D eigenvalue weighted by Gasteiger charge is 2.16. The van der Waals surface area contributed by atoms with Gasteiger partial charge in [0, 0.05) is 12.0 Å². The van der Waals surface area contributed by atoms with Crippen molar-refractivity contribution < 1.29 is 14.6 Å². The second kappa shape index (κ2) is 9.13. The van der Waals surface area contributed by atoms with Crippen LogP contribution in [-0.2, 0) is 11.2 Å². The predicted octanol–water partition coefficient (Wildman–Crippen LogP) is 6.48. The van der Waals surface area contributed by atoms with Crippen molar-refractivity contribution in [1.82, 2.24) is 0 Å². The van der Waals surface area contributed by atoms with Crippen LogP contribution in [0.2, 0.25) is 0 Å². The van der Waals surface area contributed by atoms with Gasteiger partial charge < -0.3 is 9.84 Å². The van der Waals surface area contributed by atoms with Gasteiger partial charge in [-0.3, -0.25) is 4.79 Å². The first kappa shape index (κ1) is 19.5. The summed E-state index contributed by atoms with van der Waals surface area (Å²) >= 11 is 0. The zero-order valence-electron chi connectivity index (χ0n) is 16.8.